The lowest BCUT2D eigenvalue weighted by Crippen LogP contribution is -2.41. The smallest absolute Gasteiger partial charge is 0.253 e. The van der Waals surface area contributed by atoms with Crippen molar-refractivity contribution in [3.63, 3.8) is 0 Å². The highest BCUT2D eigenvalue weighted by atomic mass is 16.5. The molecule has 6 nitrogen and oxygen atoms in total. The Kier molecular flexibility index (Phi) is 6.30. The number of rotatable bonds is 5. The summed E-state index contributed by atoms with van der Waals surface area (Å²) >= 11 is 0. The van der Waals surface area contributed by atoms with Crippen LogP contribution in [0.5, 0.6) is 5.75 Å². The number of aryl methyl sites for hydroxylation is 2. The molecule has 0 saturated carbocycles. The molecule has 4 rings (SSSR count). The molecule has 32 heavy (non-hydrogen) atoms. The maximum atomic E-state index is 13.0. The second-order valence-corrected chi connectivity index (χ2v) is 8.25. The summed E-state index contributed by atoms with van der Waals surface area (Å²) in [5.74, 6) is 0.512. The van der Waals surface area contributed by atoms with E-state index in [9.17, 15) is 9.59 Å². The van der Waals surface area contributed by atoms with Crippen molar-refractivity contribution in [1.29, 1.82) is 0 Å². The number of para-hydroxylation sites is 2. The molecule has 2 aromatic carbocycles. The van der Waals surface area contributed by atoms with E-state index in [1.807, 2.05) is 53.4 Å². The van der Waals surface area contributed by atoms with Crippen molar-refractivity contribution in [2.45, 2.75) is 26.7 Å². The lowest BCUT2D eigenvalue weighted by Gasteiger charge is -2.31. The van der Waals surface area contributed by atoms with Gasteiger partial charge in [-0.15, -0.1) is 0 Å². The number of amides is 2. The summed E-state index contributed by atoms with van der Waals surface area (Å²) in [6.45, 7) is 5.28. The lowest BCUT2D eigenvalue weighted by atomic mass is 9.95. The molecule has 2 amide bonds. The van der Waals surface area contributed by atoms with Gasteiger partial charge in [-0.1, -0.05) is 12.1 Å². The van der Waals surface area contributed by atoms with E-state index in [-0.39, 0.29) is 17.7 Å². The van der Waals surface area contributed by atoms with Crippen molar-refractivity contribution in [2.75, 3.05) is 25.5 Å². The third-order valence-electron chi connectivity index (χ3n) is 6.16. The predicted molar refractivity (Wildman–Crippen MR) is 125 cm³/mol. The van der Waals surface area contributed by atoms with Crippen molar-refractivity contribution < 1.29 is 14.3 Å². The highest BCUT2D eigenvalue weighted by Crippen LogP contribution is 2.26. The molecule has 1 aliphatic heterocycles. The summed E-state index contributed by atoms with van der Waals surface area (Å²) in [5.41, 5.74) is 4.72. The van der Waals surface area contributed by atoms with Crippen molar-refractivity contribution in [3.05, 3.63) is 77.6 Å². The first kappa shape index (κ1) is 21.7. The second-order valence-electron chi connectivity index (χ2n) is 8.25. The molecule has 0 radical (unpaired) electrons. The molecule has 0 aliphatic carbocycles. The van der Waals surface area contributed by atoms with Crippen LogP contribution in [0.3, 0.4) is 0 Å². The Morgan fingerprint density at radius 1 is 0.906 bits per heavy atom. The molecule has 166 valence electrons. The van der Waals surface area contributed by atoms with Crippen LogP contribution in [0.15, 0.2) is 60.7 Å². The number of hydrogen-bond donors (Lipinski definition) is 1. The number of aromatic nitrogens is 1. The van der Waals surface area contributed by atoms with Crippen LogP contribution >= 0.6 is 0 Å². The van der Waals surface area contributed by atoms with Gasteiger partial charge in [-0.2, -0.15) is 0 Å². The van der Waals surface area contributed by atoms with E-state index < -0.39 is 0 Å². The number of piperidine rings is 1. The number of nitrogens with zero attached hydrogens (tertiary/aromatic N) is 2. The van der Waals surface area contributed by atoms with Crippen LogP contribution in [-0.2, 0) is 4.79 Å². The Morgan fingerprint density at radius 3 is 2.16 bits per heavy atom. The van der Waals surface area contributed by atoms with E-state index in [4.69, 9.17) is 4.74 Å². The maximum absolute atomic E-state index is 13.0. The molecule has 0 spiro atoms. The first-order valence-corrected chi connectivity index (χ1v) is 11.0. The van der Waals surface area contributed by atoms with Crippen molar-refractivity contribution >= 4 is 17.5 Å². The van der Waals surface area contributed by atoms with Gasteiger partial charge in [0.25, 0.3) is 5.91 Å². The zero-order chi connectivity index (χ0) is 22.7. The quantitative estimate of drug-likeness (QED) is 0.643. The molecule has 0 bridgehead atoms. The van der Waals surface area contributed by atoms with Crippen LogP contribution in [0.2, 0.25) is 0 Å². The summed E-state index contributed by atoms with van der Waals surface area (Å²) in [6, 6.07) is 19.3. The molecule has 3 aromatic rings. The third kappa shape index (κ3) is 4.40. The minimum absolute atomic E-state index is 0.0149. The summed E-state index contributed by atoms with van der Waals surface area (Å²) in [5, 5.41) is 2.97. The molecular weight excluding hydrogens is 402 g/mol. The minimum Gasteiger partial charge on any atom is -0.495 e. The Balaban J connectivity index is 1.36. The topological polar surface area (TPSA) is 63.6 Å². The number of hydrogen-bond acceptors (Lipinski definition) is 3. The lowest BCUT2D eigenvalue weighted by molar-refractivity contribution is -0.121. The third-order valence-corrected chi connectivity index (χ3v) is 6.16. The summed E-state index contributed by atoms with van der Waals surface area (Å²) in [6.07, 6.45) is 1.29. The van der Waals surface area contributed by atoms with Crippen LogP contribution in [-0.4, -0.2) is 41.5 Å². The van der Waals surface area contributed by atoms with Crippen LogP contribution in [0, 0.1) is 19.8 Å². The van der Waals surface area contributed by atoms with Gasteiger partial charge in [0.1, 0.15) is 5.75 Å². The zero-order valence-electron chi connectivity index (χ0n) is 18.8. The predicted octanol–water partition coefficient (Wildman–Crippen LogP) is 4.59. The zero-order valence-corrected chi connectivity index (χ0v) is 18.8. The summed E-state index contributed by atoms with van der Waals surface area (Å²) < 4.78 is 7.47. The number of methoxy groups -OCH3 is 1. The molecule has 1 saturated heterocycles. The van der Waals surface area contributed by atoms with Gasteiger partial charge in [-0.3, -0.25) is 9.59 Å². The fourth-order valence-corrected chi connectivity index (χ4v) is 4.34. The maximum Gasteiger partial charge on any atom is 0.253 e. The normalized spacial score (nSPS) is 14.3. The number of carbonyl (C=O) groups excluding carboxylic acids is 2. The van der Waals surface area contributed by atoms with E-state index in [0.29, 0.717) is 42.9 Å². The van der Waals surface area contributed by atoms with Gasteiger partial charge in [0.05, 0.1) is 12.8 Å². The van der Waals surface area contributed by atoms with Gasteiger partial charge in [0.2, 0.25) is 5.91 Å². The van der Waals surface area contributed by atoms with Gasteiger partial charge >= 0.3 is 0 Å². The highest BCUT2D eigenvalue weighted by Gasteiger charge is 2.28. The Bertz CT molecular complexity index is 1090. The van der Waals surface area contributed by atoms with Crippen molar-refractivity contribution in [2.24, 2.45) is 5.92 Å². The molecule has 0 unspecified atom stereocenters. The standard InChI is InChI=1S/C26H29N3O3/c1-18-8-9-19(2)29(18)22-12-10-21(11-13-22)26(31)28-16-14-20(15-17-28)25(30)27-23-6-4-5-7-24(23)32-3/h4-13,20H,14-17H2,1-3H3,(H,27,30). The summed E-state index contributed by atoms with van der Waals surface area (Å²) in [7, 11) is 1.59. The molecule has 1 fully saturated rings. The number of likely N-dealkylation sites (tertiary alicyclic amines) is 1. The largest absolute Gasteiger partial charge is 0.495 e. The SMILES string of the molecule is COc1ccccc1NC(=O)C1CCN(C(=O)c2ccc(-n3c(C)ccc3C)cc2)CC1. The number of ether oxygens (including phenoxy) is 1. The van der Waals surface area contributed by atoms with Crippen LogP contribution in [0.4, 0.5) is 5.69 Å². The van der Waals surface area contributed by atoms with Crippen molar-refractivity contribution in [3.8, 4) is 11.4 Å². The van der Waals surface area contributed by atoms with Gasteiger partial charge < -0.3 is 19.5 Å². The number of nitrogens with one attached hydrogen (secondary N) is 1. The molecule has 1 aliphatic rings. The first-order chi connectivity index (χ1) is 15.5. The molecule has 0 atom stereocenters. The average molecular weight is 432 g/mol. The summed E-state index contributed by atoms with van der Waals surface area (Å²) in [4.78, 5) is 27.5. The van der Waals surface area contributed by atoms with Gasteiger partial charge in [-0.05, 0) is 75.2 Å². The molecule has 6 heteroatoms. The van der Waals surface area contributed by atoms with E-state index >= 15 is 0 Å². The number of anilines is 1. The van der Waals surface area contributed by atoms with E-state index in [1.54, 1.807) is 7.11 Å². The Hall–Kier alpha value is -3.54. The molecular formula is C26H29N3O3. The molecule has 1 aromatic heterocycles. The van der Waals surface area contributed by atoms with E-state index in [2.05, 4.69) is 35.9 Å². The van der Waals surface area contributed by atoms with E-state index in [0.717, 1.165) is 17.1 Å². The fraction of sp³-hybridized carbons (Fsp3) is 0.308. The fourth-order valence-electron chi connectivity index (χ4n) is 4.34. The molecule has 1 N–H and O–H groups in total. The highest BCUT2D eigenvalue weighted by molar-refractivity contribution is 5.96. The van der Waals surface area contributed by atoms with Crippen LogP contribution < -0.4 is 10.1 Å². The second kappa shape index (κ2) is 9.30. The van der Waals surface area contributed by atoms with Gasteiger partial charge in [0, 0.05) is 41.6 Å². The number of benzene rings is 2. The van der Waals surface area contributed by atoms with Crippen LogP contribution in [0.1, 0.15) is 34.6 Å². The first-order valence-electron chi connectivity index (χ1n) is 11.0. The van der Waals surface area contributed by atoms with Crippen LogP contribution in [0.25, 0.3) is 5.69 Å². The van der Waals surface area contributed by atoms with Crippen molar-refractivity contribution in [1.82, 2.24) is 9.47 Å². The van der Waals surface area contributed by atoms with Gasteiger partial charge in [0.15, 0.2) is 0 Å². The molecule has 2 heterocycles. The minimum atomic E-state index is -0.119. The Labute approximate surface area is 188 Å². The average Bonchev–Trinajstić information content (AvgIpc) is 3.17. The number of carbonyl (C=O) groups is 2. The monoisotopic (exact) mass is 431 g/mol. The van der Waals surface area contributed by atoms with E-state index in [1.165, 1.54) is 0 Å². The Morgan fingerprint density at radius 2 is 1.53 bits per heavy atom. The van der Waals surface area contributed by atoms with Gasteiger partial charge in [-0.25, -0.2) is 0 Å².